The quantitative estimate of drug-likeness (QED) is 0.701. The van der Waals surface area contributed by atoms with E-state index >= 15 is 0 Å². The van der Waals surface area contributed by atoms with Gasteiger partial charge in [-0.1, -0.05) is 30.3 Å². The maximum Gasteiger partial charge on any atom is 0.231 e. The van der Waals surface area contributed by atoms with Crippen LogP contribution in [-0.2, 0) is 0 Å². The SMILES string of the molecule is O=C1/C(=C/c2cccc(Oc3ccccc3)c2)Oc2cc(O)ccc21. The fraction of sp³-hybridized carbons (Fsp3) is 0. The number of rotatable bonds is 3. The van der Waals surface area contributed by atoms with Crippen LogP contribution in [0.2, 0.25) is 0 Å². The van der Waals surface area contributed by atoms with Crippen LogP contribution in [-0.4, -0.2) is 10.9 Å². The van der Waals surface area contributed by atoms with E-state index in [2.05, 4.69) is 0 Å². The first-order valence-corrected chi connectivity index (χ1v) is 7.79. The van der Waals surface area contributed by atoms with Crippen molar-refractivity contribution in [1.29, 1.82) is 0 Å². The fourth-order valence-electron chi connectivity index (χ4n) is 2.62. The molecule has 0 saturated heterocycles. The monoisotopic (exact) mass is 330 g/mol. The Balaban J connectivity index is 1.60. The predicted octanol–water partition coefficient (Wildman–Crippen LogP) is 4.80. The van der Waals surface area contributed by atoms with E-state index in [1.165, 1.54) is 12.1 Å². The zero-order chi connectivity index (χ0) is 17.2. The summed E-state index contributed by atoms with van der Waals surface area (Å²) in [7, 11) is 0. The highest BCUT2D eigenvalue weighted by Crippen LogP contribution is 2.34. The Kier molecular flexibility index (Phi) is 3.71. The lowest BCUT2D eigenvalue weighted by atomic mass is 10.1. The molecule has 0 aliphatic carbocycles. The highest BCUT2D eigenvalue weighted by Gasteiger charge is 2.27. The standard InChI is InChI=1S/C21H14O4/c22-15-9-10-18-19(13-15)25-20(21(18)23)12-14-5-4-8-17(11-14)24-16-6-2-1-3-7-16/h1-13,22H/b20-12-. The van der Waals surface area contributed by atoms with Gasteiger partial charge in [-0.05, 0) is 48.0 Å². The van der Waals surface area contributed by atoms with Gasteiger partial charge in [-0.15, -0.1) is 0 Å². The lowest BCUT2D eigenvalue weighted by Crippen LogP contribution is -1.98. The maximum atomic E-state index is 12.4. The van der Waals surface area contributed by atoms with Gasteiger partial charge in [0, 0.05) is 6.07 Å². The van der Waals surface area contributed by atoms with Crippen molar-refractivity contribution in [2.45, 2.75) is 0 Å². The molecule has 25 heavy (non-hydrogen) atoms. The van der Waals surface area contributed by atoms with Crippen LogP contribution in [0, 0.1) is 0 Å². The lowest BCUT2D eigenvalue weighted by molar-refractivity contribution is 0.101. The molecule has 4 rings (SSSR count). The summed E-state index contributed by atoms with van der Waals surface area (Å²) in [6.45, 7) is 0. The van der Waals surface area contributed by atoms with Gasteiger partial charge in [0.2, 0.25) is 5.78 Å². The number of benzene rings is 3. The molecular weight excluding hydrogens is 316 g/mol. The molecule has 0 amide bonds. The van der Waals surface area contributed by atoms with Gasteiger partial charge in [-0.25, -0.2) is 0 Å². The van der Waals surface area contributed by atoms with Crippen LogP contribution in [0.3, 0.4) is 0 Å². The molecule has 0 unspecified atom stereocenters. The number of carbonyl (C=O) groups excluding carboxylic acids is 1. The van der Waals surface area contributed by atoms with E-state index < -0.39 is 0 Å². The van der Waals surface area contributed by atoms with Gasteiger partial charge in [0.25, 0.3) is 0 Å². The van der Waals surface area contributed by atoms with Crippen molar-refractivity contribution in [3.8, 4) is 23.0 Å². The molecule has 4 heteroatoms. The first-order chi connectivity index (χ1) is 12.2. The van der Waals surface area contributed by atoms with Crippen molar-refractivity contribution >= 4 is 11.9 Å². The summed E-state index contributed by atoms with van der Waals surface area (Å²) in [6.07, 6.45) is 1.66. The molecule has 0 saturated carbocycles. The number of ether oxygens (including phenoxy) is 2. The first-order valence-electron chi connectivity index (χ1n) is 7.79. The number of ketones is 1. The van der Waals surface area contributed by atoms with E-state index in [0.717, 1.165) is 11.3 Å². The Morgan fingerprint density at radius 1 is 0.880 bits per heavy atom. The second kappa shape index (κ2) is 6.17. The van der Waals surface area contributed by atoms with E-state index in [0.29, 0.717) is 17.1 Å². The van der Waals surface area contributed by atoms with Crippen LogP contribution >= 0.6 is 0 Å². The second-order valence-electron chi connectivity index (χ2n) is 5.61. The number of hydrogen-bond donors (Lipinski definition) is 1. The minimum atomic E-state index is -0.204. The molecule has 1 N–H and O–H groups in total. The zero-order valence-electron chi connectivity index (χ0n) is 13.2. The zero-order valence-corrected chi connectivity index (χ0v) is 13.2. The summed E-state index contributed by atoms with van der Waals surface area (Å²) in [6, 6.07) is 21.3. The number of phenolic OH excluding ortho intramolecular Hbond substituents is 1. The average molecular weight is 330 g/mol. The molecule has 1 heterocycles. The number of para-hydroxylation sites is 1. The summed E-state index contributed by atoms with van der Waals surface area (Å²) < 4.78 is 11.4. The highest BCUT2D eigenvalue weighted by molar-refractivity contribution is 6.14. The van der Waals surface area contributed by atoms with Crippen LogP contribution in [0.5, 0.6) is 23.0 Å². The van der Waals surface area contributed by atoms with Gasteiger partial charge in [0.1, 0.15) is 23.0 Å². The molecule has 0 spiro atoms. The Morgan fingerprint density at radius 2 is 1.68 bits per heavy atom. The molecular formula is C21H14O4. The number of phenols is 1. The summed E-state index contributed by atoms with van der Waals surface area (Å²) in [5.74, 6) is 1.85. The van der Waals surface area contributed by atoms with E-state index in [1.807, 2.05) is 54.6 Å². The third-order valence-electron chi connectivity index (χ3n) is 3.79. The molecule has 0 atom stereocenters. The largest absolute Gasteiger partial charge is 0.508 e. The Bertz CT molecular complexity index is 974. The highest BCUT2D eigenvalue weighted by atomic mass is 16.5. The number of allylic oxidation sites excluding steroid dienone is 1. The van der Waals surface area contributed by atoms with Crippen molar-refractivity contribution in [3.63, 3.8) is 0 Å². The minimum Gasteiger partial charge on any atom is -0.508 e. The summed E-state index contributed by atoms with van der Waals surface area (Å²) in [4.78, 5) is 12.4. The molecule has 0 aromatic heterocycles. The second-order valence-corrected chi connectivity index (χ2v) is 5.61. The topological polar surface area (TPSA) is 55.8 Å². The van der Waals surface area contributed by atoms with E-state index in [-0.39, 0.29) is 17.3 Å². The first kappa shape index (κ1) is 15.0. The van der Waals surface area contributed by atoms with E-state index in [9.17, 15) is 9.90 Å². The van der Waals surface area contributed by atoms with Crippen LogP contribution in [0.15, 0.2) is 78.6 Å². The predicted molar refractivity (Wildman–Crippen MR) is 94.0 cm³/mol. The molecule has 1 aliphatic rings. The van der Waals surface area contributed by atoms with E-state index in [1.54, 1.807) is 12.1 Å². The lowest BCUT2D eigenvalue weighted by Gasteiger charge is -2.06. The molecule has 122 valence electrons. The maximum absolute atomic E-state index is 12.4. The number of aromatic hydroxyl groups is 1. The van der Waals surface area contributed by atoms with Gasteiger partial charge in [-0.2, -0.15) is 0 Å². The van der Waals surface area contributed by atoms with Gasteiger partial charge in [0.15, 0.2) is 5.76 Å². The molecule has 0 fully saturated rings. The van der Waals surface area contributed by atoms with Gasteiger partial charge in [0.05, 0.1) is 5.56 Å². The van der Waals surface area contributed by atoms with Crippen LogP contribution < -0.4 is 9.47 Å². The fourth-order valence-corrected chi connectivity index (χ4v) is 2.62. The van der Waals surface area contributed by atoms with Crippen LogP contribution in [0.4, 0.5) is 0 Å². The molecule has 1 aliphatic heterocycles. The Labute approximate surface area is 144 Å². The smallest absolute Gasteiger partial charge is 0.231 e. The third kappa shape index (κ3) is 3.10. The Hall–Kier alpha value is -3.53. The van der Waals surface area contributed by atoms with E-state index in [4.69, 9.17) is 9.47 Å². The van der Waals surface area contributed by atoms with Crippen molar-refractivity contribution in [2.24, 2.45) is 0 Å². The number of fused-ring (bicyclic) bond motifs is 1. The molecule has 3 aromatic carbocycles. The summed E-state index contributed by atoms with van der Waals surface area (Å²) in [5, 5.41) is 9.51. The van der Waals surface area contributed by atoms with Crippen LogP contribution in [0.1, 0.15) is 15.9 Å². The van der Waals surface area contributed by atoms with Crippen molar-refractivity contribution < 1.29 is 19.4 Å². The normalized spacial score (nSPS) is 14.2. The number of Topliss-reactive ketones (excluding diaryl/α,β-unsaturated/α-hetero) is 1. The molecule has 0 bridgehead atoms. The molecule has 3 aromatic rings. The van der Waals surface area contributed by atoms with Crippen LogP contribution in [0.25, 0.3) is 6.08 Å². The van der Waals surface area contributed by atoms with Crippen molar-refractivity contribution in [1.82, 2.24) is 0 Å². The molecule has 4 nitrogen and oxygen atoms in total. The van der Waals surface area contributed by atoms with Crippen molar-refractivity contribution in [2.75, 3.05) is 0 Å². The van der Waals surface area contributed by atoms with Gasteiger partial charge in [-0.3, -0.25) is 4.79 Å². The van der Waals surface area contributed by atoms with Crippen molar-refractivity contribution in [3.05, 3.63) is 89.7 Å². The number of carbonyl (C=O) groups is 1. The molecule has 0 radical (unpaired) electrons. The third-order valence-corrected chi connectivity index (χ3v) is 3.79. The Morgan fingerprint density at radius 3 is 2.52 bits per heavy atom. The minimum absolute atomic E-state index is 0.0612. The average Bonchev–Trinajstić information content (AvgIpc) is 2.91. The summed E-state index contributed by atoms with van der Waals surface area (Å²) in [5.41, 5.74) is 1.23. The number of hydrogen-bond acceptors (Lipinski definition) is 4. The van der Waals surface area contributed by atoms with Gasteiger partial charge >= 0.3 is 0 Å². The summed E-state index contributed by atoms with van der Waals surface area (Å²) >= 11 is 0. The van der Waals surface area contributed by atoms with Gasteiger partial charge < -0.3 is 14.6 Å².